The monoisotopic (exact) mass is 693 g/mol. The predicted octanol–water partition coefficient (Wildman–Crippen LogP) is 8.05. The second-order valence-electron chi connectivity index (χ2n) is 12.4. The Kier molecular flexibility index (Phi) is 14.4. The Morgan fingerprint density at radius 2 is 0.550 bits per heavy atom. The number of carboxylic acid groups (broad SMARTS) is 3. The summed E-state index contributed by atoms with van der Waals surface area (Å²) in [6, 6.07) is 21.0. The molecule has 0 spiro atoms. The molecule has 0 bridgehead atoms. The normalized spacial score (nSPS) is 11.0. The second kappa shape index (κ2) is 15.4. The van der Waals surface area contributed by atoms with Gasteiger partial charge in [-0.05, 0) is 69.3 Å². The summed E-state index contributed by atoms with van der Waals surface area (Å²) in [6.45, 7) is 18.9. The third-order valence-corrected chi connectivity index (χ3v) is 5.99. The molecule has 3 aromatic carbocycles. The Hall–Kier alpha value is -2.64. The van der Waals surface area contributed by atoms with Gasteiger partial charge in [0.15, 0.2) is 0 Å². The van der Waals surface area contributed by atoms with Crippen molar-refractivity contribution in [2.45, 2.75) is 78.6 Å². The van der Waals surface area contributed by atoms with E-state index in [1.807, 2.05) is 36.4 Å². The predicted molar refractivity (Wildman–Crippen MR) is 156 cm³/mol. The Labute approximate surface area is 269 Å². The number of hydrogen-bond donors (Lipinski definition) is 3. The molecular weight excluding hydrogens is 651 g/mol. The van der Waals surface area contributed by atoms with Gasteiger partial charge in [0.2, 0.25) is 0 Å². The summed E-state index contributed by atoms with van der Waals surface area (Å²) >= 11 is 0. The minimum atomic E-state index is -0.875. The second-order valence-corrected chi connectivity index (χ2v) is 12.4. The van der Waals surface area contributed by atoms with Crippen molar-refractivity contribution in [2.24, 2.45) is 0 Å². The molecule has 3 rings (SSSR count). The fraction of sp³-hybridized carbons (Fsp3) is 0.364. The van der Waals surface area contributed by atoms with Gasteiger partial charge in [-0.25, -0.2) is 14.4 Å². The number of hydrogen-bond acceptors (Lipinski definition) is 3. The molecular formula is C33H42O6Tb. The minimum Gasteiger partial charge on any atom is -0.478 e. The van der Waals surface area contributed by atoms with Crippen LogP contribution in [-0.4, -0.2) is 33.2 Å². The van der Waals surface area contributed by atoms with Crippen molar-refractivity contribution in [3.63, 3.8) is 0 Å². The van der Waals surface area contributed by atoms with E-state index in [1.165, 1.54) is 0 Å². The van der Waals surface area contributed by atoms with E-state index in [4.69, 9.17) is 15.3 Å². The van der Waals surface area contributed by atoms with Gasteiger partial charge in [0, 0.05) is 38.6 Å². The maximum atomic E-state index is 10.6. The maximum absolute atomic E-state index is 10.6. The van der Waals surface area contributed by atoms with Crippen LogP contribution in [-0.2, 0) is 16.2 Å². The quantitative estimate of drug-likeness (QED) is 0.256. The van der Waals surface area contributed by atoms with Crippen LogP contribution in [0, 0.1) is 38.6 Å². The van der Waals surface area contributed by atoms with E-state index in [-0.39, 0.29) is 54.9 Å². The molecule has 7 heteroatoms. The third kappa shape index (κ3) is 12.7. The molecule has 0 saturated heterocycles. The first-order valence-electron chi connectivity index (χ1n) is 12.7. The van der Waals surface area contributed by atoms with Gasteiger partial charge in [0.1, 0.15) is 0 Å². The summed E-state index contributed by atoms with van der Waals surface area (Å²) in [5, 5.41) is 26.0. The number of carboxylic acids is 3. The van der Waals surface area contributed by atoms with Crippen molar-refractivity contribution in [1.82, 2.24) is 0 Å². The Balaban J connectivity index is 0.000000563. The zero-order valence-corrected chi connectivity index (χ0v) is 27.0. The van der Waals surface area contributed by atoms with Crippen molar-refractivity contribution in [3.05, 3.63) is 106 Å². The SMILES string of the molecule is CC(C)(C)c1ccc(C(=O)O)cc1.CC(C)(C)c1ccc(C(=O)O)cc1.CC(C)(C)c1ccc(C(=O)O)cc1.[Tb]. The molecule has 3 N–H and O–H groups in total. The molecule has 0 saturated carbocycles. The molecule has 0 fully saturated rings. The first-order chi connectivity index (χ1) is 17.7. The van der Waals surface area contributed by atoms with Crippen molar-refractivity contribution in [3.8, 4) is 0 Å². The first-order valence-corrected chi connectivity index (χ1v) is 12.7. The Morgan fingerprint density at radius 3 is 0.650 bits per heavy atom. The van der Waals surface area contributed by atoms with E-state index < -0.39 is 17.9 Å². The average molecular weight is 694 g/mol. The number of carbonyl (C=O) groups is 3. The average Bonchev–Trinajstić information content (AvgIpc) is 2.83. The van der Waals surface area contributed by atoms with Crippen LogP contribution in [0.2, 0.25) is 0 Å². The van der Waals surface area contributed by atoms with Gasteiger partial charge in [-0.2, -0.15) is 0 Å². The van der Waals surface area contributed by atoms with Gasteiger partial charge in [-0.3, -0.25) is 0 Å². The molecule has 0 aromatic heterocycles. The molecule has 0 aliphatic heterocycles. The van der Waals surface area contributed by atoms with Gasteiger partial charge in [-0.1, -0.05) is 98.7 Å². The van der Waals surface area contributed by atoms with Gasteiger partial charge >= 0.3 is 17.9 Å². The van der Waals surface area contributed by atoms with Crippen LogP contribution in [0.3, 0.4) is 0 Å². The summed E-state index contributed by atoms with van der Waals surface area (Å²) < 4.78 is 0. The summed E-state index contributed by atoms with van der Waals surface area (Å²) in [4.78, 5) is 31.7. The van der Waals surface area contributed by atoms with Crippen LogP contribution in [0.1, 0.15) is 110 Å². The molecule has 40 heavy (non-hydrogen) atoms. The number of benzene rings is 3. The first kappa shape index (κ1) is 37.4. The summed E-state index contributed by atoms with van der Waals surface area (Å²) in [5.41, 5.74) is 4.71. The van der Waals surface area contributed by atoms with E-state index in [2.05, 4.69) is 62.3 Å². The molecule has 0 heterocycles. The summed E-state index contributed by atoms with van der Waals surface area (Å²) in [6.07, 6.45) is 0. The van der Waals surface area contributed by atoms with Gasteiger partial charge in [0.05, 0.1) is 16.7 Å². The largest absolute Gasteiger partial charge is 0.478 e. The summed E-state index contributed by atoms with van der Waals surface area (Å²) in [7, 11) is 0. The molecule has 0 atom stereocenters. The number of rotatable bonds is 3. The molecule has 0 amide bonds. The molecule has 219 valence electrons. The van der Waals surface area contributed by atoms with Gasteiger partial charge in [0.25, 0.3) is 0 Å². The van der Waals surface area contributed by atoms with Crippen molar-refractivity contribution >= 4 is 17.9 Å². The maximum Gasteiger partial charge on any atom is 0.335 e. The fourth-order valence-electron chi connectivity index (χ4n) is 3.34. The van der Waals surface area contributed by atoms with Crippen LogP contribution in [0.25, 0.3) is 0 Å². The van der Waals surface area contributed by atoms with Crippen molar-refractivity contribution < 1.29 is 68.3 Å². The van der Waals surface area contributed by atoms with Gasteiger partial charge in [-0.15, -0.1) is 0 Å². The third-order valence-electron chi connectivity index (χ3n) is 5.99. The van der Waals surface area contributed by atoms with Crippen LogP contribution in [0.15, 0.2) is 72.8 Å². The van der Waals surface area contributed by atoms with E-state index in [0.717, 1.165) is 16.7 Å². The molecule has 1 radical (unpaired) electrons. The Morgan fingerprint density at radius 1 is 0.400 bits per heavy atom. The van der Waals surface area contributed by atoms with Crippen LogP contribution < -0.4 is 0 Å². The molecule has 3 aromatic rings. The topological polar surface area (TPSA) is 112 Å². The summed E-state index contributed by atoms with van der Waals surface area (Å²) in [5.74, 6) is -2.62. The zero-order valence-electron chi connectivity index (χ0n) is 24.8. The van der Waals surface area contributed by atoms with Crippen LogP contribution >= 0.6 is 0 Å². The van der Waals surface area contributed by atoms with E-state index in [9.17, 15) is 14.4 Å². The standard InChI is InChI=1S/3C11H14O2.Tb/c3*1-11(2,3)9-6-4-8(5-7-9)10(12)13;/h3*4-7H,1-3H3,(H,12,13);. The van der Waals surface area contributed by atoms with E-state index >= 15 is 0 Å². The fourth-order valence-corrected chi connectivity index (χ4v) is 3.34. The zero-order chi connectivity index (χ0) is 30.2. The van der Waals surface area contributed by atoms with E-state index in [0.29, 0.717) is 16.7 Å². The van der Waals surface area contributed by atoms with Crippen LogP contribution in [0.5, 0.6) is 0 Å². The van der Waals surface area contributed by atoms with Crippen molar-refractivity contribution in [2.75, 3.05) is 0 Å². The smallest absolute Gasteiger partial charge is 0.335 e. The van der Waals surface area contributed by atoms with Gasteiger partial charge < -0.3 is 15.3 Å². The van der Waals surface area contributed by atoms with E-state index in [1.54, 1.807) is 36.4 Å². The number of aromatic carboxylic acids is 3. The molecule has 0 unspecified atom stereocenters. The minimum absolute atomic E-state index is 0. The Bertz CT molecular complexity index is 1080. The molecule has 0 aliphatic rings. The van der Waals surface area contributed by atoms with Crippen molar-refractivity contribution in [1.29, 1.82) is 0 Å². The molecule has 6 nitrogen and oxygen atoms in total. The van der Waals surface area contributed by atoms with Crippen LogP contribution in [0.4, 0.5) is 0 Å². The molecule has 0 aliphatic carbocycles.